The van der Waals surface area contributed by atoms with Gasteiger partial charge in [0.1, 0.15) is 5.38 Å². The van der Waals surface area contributed by atoms with Gasteiger partial charge in [0, 0.05) is 13.1 Å². The summed E-state index contributed by atoms with van der Waals surface area (Å²) in [5.41, 5.74) is 0. The molecule has 4 nitrogen and oxygen atoms in total. The Labute approximate surface area is 69.5 Å². The lowest BCUT2D eigenvalue weighted by Crippen LogP contribution is -2.38. The fourth-order valence-corrected chi connectivity index (χ4v) is 1.01. The molecule has 1 N–H and O–H groups in total. The summed E-state index contributed by atoms with van der Waals surface area (Å²) >= 11 is 5.50. The molecule has 1 fully saturated rings. The molecule has 0 aromatic carbocycles. The van der Waals surface area contributed by atoms with Crippen molar-refractivity contribution in [2.45, 2.75) is 12.3 Å². The van der Waals surface area contributed by atoms with Crippen LogP contribution < -0.4 is 5.32 Å². The number of hydrogen-bond donors (Lipinski definition) is 1. The van der Waals surface area contributed by atoms with Crippen LogP contribution in [0.4, 0.5) is 4.79 Å². The highest BCUT2D eigenvalue weighted by Crippen LogP contribution is 2.04. The first-order chi connectivity index (χ1) is 5.13. The van der Waals surface area contributed by atoms with Crippen LogP contribution in [0.25, 0.3) is 0 Å². The van der Waals surface area contributed by atoms with Crippen LogP contribution in [0, 0.1) is 0 Å². The third-order valence-corrected chi connectivity index (χ3v) is 1.65. The fourth-order valence-electron chi connectivity index (χ4n) is 0.897. The van der Waals surface area contributed by atoms with Crippen molar-refractivity contribution in [3.63, 3.8) is 0 Å². The topological polar surface area (TPSA) is 49.4 Å². The standard InChI is InChI=1S/C6H9ClN2O2/c1-4(7)5(10)9-3-2-8-6(9)11/h4H,2-3H2,1H3,(H,8,11)/t4-/m0/s1. The molecule has 0 aromatic rings. The molecule has 0 aromatic heterocycles. The molecule has 3 amide bonds. The Morgan fingerprint density at radius 1 is 1.82 bits per heavy atom. The van der Waals surface area contributed by atoms with Crippen LogP contribution in [0.1, 0.15) is 6.92 Å². The van der Waals surface area contributed by atoms with E-state index in [4.69, 9.17) is 11.6 Å². The first-order valence-electron chi connectivity index (χ1n) is 3.36. The minimum Gasteiger partial charge on any atom is -0.336 e. The van der Waals surface area contributed by atoms with Gasteiger partial charge in [-0.15, -0.1) is 11.6 Å². The SMILES string of the molecule is C[C@H](Cl)C(=O)N1CCNC1=O. The molecule has 1 atom stereocenters. The first-order valence-corrected chi connectivity index (χ1v) is 3.80. The number of alkyl halides is 1. The maximum absolute atomic E-state index is 11.1. The van der Waals surface area contributed by atoms with Gasteiger partial charge in [-0.2, -0.15) is 0 Å². The van der Waals surface area contributed by atoms with Crippen molar-refractivity contribution >= 4 is 23.5 Å². The molecule has 1 saturated heterocycles. The molecule has 1 aliphatic rings. The molecule has 0 radical (unpaired) electrons. The van der Waals surface area contributed by atoms with Gasteiger partial charge >= 0.3 is 6.03 Å². The molecule has 0 spiro atoms. The minimum absolute atomic E-state index is 0.332. The predicted molar refractivity (Wildman–Crippen MR) is 40.4 cm³/mol. The number of hydrogen-bond acceptors (Lipinski definition) is 2. The number of nitrogens with one attached hydrogen (secondary N) is 1. The summed E-state index contributed by atoms with van der Waals surface area (Å²) in [5, 5.41) is 1.89. The van der Waals surface area contributed by atoms with Crippen LogP contribution in [0.15, 0.2) is 0 Å². The van der Waals surface area contributed by atoms with Crippen molar-refractivity contribution < 1.29 is 9.59 Å². The summed E-state index contributed by atoms with van der Waals surface area (Å²) in [6, 6.07) is -0.345. The van der Waals surface area contributed by atoms with Crippen LogP contribution in [0.3, 0.4) is 0 Å². The van der Waals surface area contributed by atoms with Crippen LogP contribution >= 0.6 is 11.6 Å². The summed E-state index contributed by atoms with van der Waals surface area (Å²) in [7, 11) is 0. The average Bonchev–Trinajstić information content (AvgIpc) is 2.33. The second-order valence-corrected chi connectivity index (χ2v) is 2.99. The third-order valence-electron chi connectivity index (χ3n) is 1.46. The number of halogens is 1. The second kappa shape index (κ2) is 3.09. The third kappa shape index (κ3) is 1.63. The van der Waals surface area contributed by atoms with E-state index in [1.54, 1.807) is 6.92 Å². The number of rotatable bonds is 1. The van der Waals surface area contributed by atoms with E-state index in [0.717, 1.165) is 4.90 Å². The highest BCUT2D eigenvalue weighted by molar-refractivity contribution is 6.31. The molecule has 1 rings (SSSR count). The molecule has 0 bridgehead atoms. The molecule has 0 saturated carbocycles. The summed E-state index contributed by atoms with van der Waals surface area (Å²) in [6.07, 6.45) is 0. The Hall–Kier alpha value is -0.770. The van der Waals surface area contributed by atoms with E-state index >= 15 is 0 Å². The Kier molecular flexibility index (Phi) is 2.34. The second-order valence-electron chi connectivity index (χ2n) is 2.34. The summed E-state index contributed by atoms with van der Waals surface area (Å²) in [4.78, 5) is 23.1. The highest BCUT2D eigenvalue weighted by atomic mass is 35.5. The van der Waals surface area contributed by atoms with Crippen molar-refractivity contribution in [2.75, 3.05) is 13.1 Å². The predicted octanol–water partition coefficient (Wildman–Crippen LogP) is 0.166. The summed E-state index contributed by atoms with van der Waals surface area (Å²) in [5.74, 6) is -0.332. The van der Waals surface area contributed by atoms with E-state index in [2.05, 4.69) is 5.32 Å². The fraction of sp³-hybridized carbons (Fsp3) is 0.667. The number of carbonyl (C=O) groups is 2. The lowest BCUT2D eigenvalue weighted by Gasteiger charge is -2.12. The van der Waals surface area contributed by atoms with Crippen molar-refractivity contribution in [1.82, 2.24) is 10.2 Å². The number of imide groups is 1. The zero-order valence-corrected chi connectivity index (χ0v) is 6.89. The normalized spacial score (nSPS) is 19.8. The van der Waals surface area contributed by atoms with Gasteiger partial charge in [0.05, 0.1) is 0 Å². The van der Waals surface area contributed by atoms with Gasteiger partial charge in [-0.25, -0.2) is 4.79 Å². The van der Waals surface area contributed by atoms with Crippen LogP contribution in [0.2, 0.25) is 0 Å². The average molecular weight is 177 g/mol. The number of nitrogens with zero attached hydrogens (tertiary/aromatic N) is 1. The van der Waals surface area contributed by atoms with Crippen LogP contribution in [0.5, 0.6) is 0 Å². The smallest absolute Gasteiger partial charge is 0.324 e. The molecule has 1 heterocycles. The lowest BCUT2D eigenvalue weighted by molar-refractivity contribution is -0.126. The maximum atomic E-state index is 11.1. The molecular weight excluding hydrogens is 168 g/mol. The van der Waals surface area contributed by atoms with Crippen LogP contribution in [-0.2, 0) is 4.79 Å². The number of carbonyl (C=O) groups excluding carboxylic acids is 2. The van der Waals surface area contributed by atoms with E-state index in [-0.39, 0.29) is 11.9 Å². The number of urea groups is 1. The van der Waals surface area contributed by atoms with Crippen molar-refractivity contribution in [2.24, 2.45) is 0 Å². The Bertz CT molecular complexity index is 193. The molecule has 5 heteroatoms. The van der Waals surface area contributed by atoms with Gasteiger partial charge in [0.2, 0.25) is 5.91 Å². The molecular formula is C6H9ClN2O2. The first kappa shape index (κ1) is 8.33. The minimum atomic E-state index is -0.626. The zero-order valence-electron chi connectivity index (χ0n) is 6.13. The monoisotopic (exact) mass is 176 g/mol. The van der Waals surface area contributed by atoms with Gasteiger partial charge in [-0.1, -0.05) is 0 Å². The van der Waals surface area contributed by atoms with Gasteiger partial charge in [-0.3, -0.25) is 9.69 Å². The van der Waals surface area contributed by atoms with Crippen molar-refractivity contribution in [3.05, 3.63) is 0 Å². The van der Waals surface area contributed by atoms with Crippen LogP contribution in [-0.4, -0.2) is 35.3 Å². The summed E-state index contributed by atoms with van der Waals surface area (Å²) < 4.78 is 0. The Morgan fingerprint density at radius 2 is 2.45 bits per heavy atom. The molecule has 0 aliphatic carbocycles. The lowest BCUT2D eigenvalue weighted by atomic mass is 10.4. The van der Waals surface area contributed by atoms with Crippen molar-refractivity contribution in [3.8, 4) is 0 Å². The molecule has 0 unspecified atom stereocenters. The van der Waals surface area contributed by atoms with E-state index in [0.29, 0.717) is 13.1 Å². The number of amides is 3. The van der Waals surface area contributed by atoms with E-state index in [9.17, 15) is 9.59 Å². The van der Waals surface area contributed by atoms with Gasteiger partial charge in [0.15, 0.2) is 0 Å². The maximum Gasteiger partial charge on any atom is 0.324 e. The van der Waals surface area contributed by atoms with Gasteiger partial charge in [-0.05, 0) is 6.92 Å². The van der Waals surface area contributed by atoms with E-state index < -0.39 is 5.38 Å². The molecule has 11 heavy (non-hydrogen) atoms. The quantitative estimate of drug-likeness (QED) is 0.579. The highest BCUT2D eigenvalue weighted by Gasteiger charge is 2.28. The Balaban J connectivity index is 2.60. The summed E-state index contributed by atoms with van der Waals surface area (Å²) in [6.45, 7) is 2.50. The van der Waals surface area contributed by atoms with Gasteiger partial charge in [0.25, 0.3) is 0 Å². The molecule has 62 valence electrons. The van der Waals surface area contributed by atoms with E-state index in [1.165, 1.54) is 0 Å². The van der Waals surface area contributed by atoms with Crippen molar-refractivity contribution in [1.29, 1.82) is 0 Å². The largest absolute Gasteiger partial charge is 0.336 e. The zero-order chi connectivity index (χ0) is 8.43. The Morgan fingerprint density at radius 3 is 2.82 bits per heavy atom. The molecule has 1 aliphatic heterocycles. The van der Waals surface area contributed by atoms with Gasteiger partial charge < -0.3 is 5.32 Å². The van der Waals surface area contributed by atoms with E-state index in [1.807, 2.05) is 0 Å².